The second-order valence-corrected chi connectivity index (χ2v) is 2.76. The van der Waals surface area contributed by atoms with Crippen LogP contribution in [0.25, 0.3) is 0 Å². The summed E-state index contributed by atoms with van der Waals surface area (Å²) < 4.78 is 0. The second-order valence-electron chi connectivity index (χ2n) is 1.58. The number of amides is 1. The molecule has 0 aromatic rings. The molecule has 0 saturated heterocycles. The summed E-state index contributed by atoms with van der Waals surface area (Å²) in [7, 11) is 0. The number of hydrogen-bond acceptors (Lipinski definition) is 4. The third-order valence-electron chi connectivity index (χ3n) is 0.875. The Bertz CT molecular complexity index is 167. The van der Waals surface area contributed by atoms with E-state index in [0.717, 1.165) is 0 Å². The molecule has 1 aliphatic heterocycles. The van der Waals surface area contributed by atoms with E-state index < -0.39 is 5.91 Å². The molecule has 4 nitrogen and oxygen atoms in total. The SMILES string of the molecule is NC(=O)C1=CNC(N)S1. The molecule has 0 aliphatic carbocycles. The van der Waals surface area contributed by atoms with Crippen LogP contribution in [0.5, 0.6) is 0 Å². The van der Waals surface area contributed by atoms with Gasteiger partial charge in [-0.2, -0.15) is 0 Å². The van der Waals surface area contributed by atoms with Gasteiger partial charge in [-0.25, -0.2) is 0 Å². The maximum atomic E-state index is 10.4. The maximum Gasteiger partial charge on any atom is 0.256 e. The summed E-state index contributed by atoms with van der Waals surface area (Å²) in [4.78, 5) is 10.9. The molecular formula is C4H7N3OS. The molecule has 0 fully saturated rings. The van der Waals surface area contributed by atoms with Crippen molar-refractivity contribution in [3.05, 3.63) is 11.1 Å². The van der Waals surface area contributed by atoms with E-state index in [9.17, 15) is 4.79 Å². The van der Waals surface area contributed by atoms with Gasteiger partial charge in [-0.3, -0.25) is 4.79 Å². The van der Waals surface area contributed by atoms with Crippen molar-refractivity contribution in [3.8, 4) is 0 Å². The first-order chi connectivity index (χ1) is 4.20. The zero-order valence-corrected chi connectivity index (χ0v) is 5.44. The van der Waals surface area contributed by atoms with Gasteiger partial charge in [0.25, 0.3) is 5.91 Å². The van der Waals surface area contributed by atoms with Gasteiger partial charge in [0, 0.05) is 6.20 Å². The van der Waals surface area contributed by atoms with Crippen LogP contribution < -0.4 is 16.8 Å². The van der Waals surface area contributed by atoms with Crippen LogP contribution in [0.4, 0.5) is 0 Å². The quantitative estimate of drug-likeness (QED) is 0.437. The van der Waals surface area contributed by atoms with Crippen LogP contribution >= 0.6 is 11.8 Å². The van der Waals surface area contributed by atoms with Gasteiger partial charge in [0.2, 0.25) is 0 Å². The molecule has 1 amide bonds. The molecule has 5 N–H and O–H groups in total. The Morgan fingerprint density at radius 1 is 1.89 bits per heavy atom. The molecule has 1 heterocycles. The van der Waals surface area contributed by atoms with Gasteiger partial charge in [-0.15, -0.1) is 0 Å². The third-order valence-corrected chi connectivity index (χ3v) is 1.84. The lowest BCUT2D eigenvalue weighted by Crippen LogP contribution is -2.25. The molecule has 9 heavy (non-hydrogen) atoms. The van der Waals surface area contributed by atoms with E-state index in [1.54, 1.807) is 0 Å². The minimum atomic E-state index is -0.430. The van der Waals surface area contributed by atoms with Gasteiger partial charge in [0.1, 0.15) is 5.50 Å². The van der Waals surface area contributed by atoms with Crippen LogP contribution in [0.1, 0.15) is 0 Å². The summed E-state index contributed by atoms with van der Waals surface area (Å²) in [5.41, 5.74) is 10.1. The van der Waals surface area contributed by atoms with E-state index >= 15 is 0 Å². The molecule has 0 aromatic carbocycles. The predicted octanol–water partition coefficient (Wildman–Crippen LogP) is -1.11. The number of carbonyl (C=O) groups excluding carboxylic acids is 1. The Morgan fingerprint density at radius 3 is 2.78 bits per heavy atom. The number of primary amides is 1. The Balaban J connectivity index is 2.55. The van der Waals surface area contributed by atoms with Crippen molar-refractivity contribution in [2.45, 2.75) is 5.50 Å². The molecule has 0 aromatic heterocycles. The van der Waals surface area contributed by atoms with Gasteiger partial charge < -0.3 is 16.8 Å². The van der Waals surface area contributed by atoms with E-state index in [4.69, 9.17) is 11.5 Å². The fourth-order valence-corrected chi connectivity index (χ4v) is 1.15. The monoisotopic (exact) mass is 145 g/mol. The standard InChI is InChI=1S/C4H7N3OS/c5-3(8)2-1-7-4(6)9-2/h1,4,7H,6H2,(H2,5,8). The fraction of sp³-hybridized carbons (Fsp3) is 0.250. The van der Waals surface area contributed by atoms with E-state index in [1.165, 1.54) is 18.0 Å². The molecule has 0 bridgehead atoms. The van der Waals surface area contributed by atoms with Crippen LogP contribution in [0, 0.1) is 0 Å². The summed E-state index contributed by atoms with van der Waals surface area (Å²) in [5.74, 6) is -0.430. The van der Waals surface area contributed by atoms with Gasteiger partial charge >= 0.3 is 0 Å². The van der Waals surface area contributed by atoms with Crippen LogP contribution in [0.3, 0.4) is 0 Å². The largest absolute Gasteiger partial charge is 0.366 e. The van der Waals surface area contributed by atoms with Gasteiger partial charge in [0.15, 0.2) is 0 Å². The van der Waals surface area contributed by atoms with Crippen LogP contribution in [0.15, 0.2) is 11.1 Å². The van der Waals surface area contributed by atoms with E-state index in [0.29, 0.717) is 4.91 Å². The van der Waals surface area contributed by atoms with Crippen molar-refractivity contribution in [1.29, 1.82) is 0 Å². The first-order valence-electron chi connectivity index (χ1n) is 2.38. The van der Waals surface area contributed by atoms with Gasteiger partial charge in [-0.1, -0.05) is 11.8 Å². The molecular weight excluding hydrogens is 138 g/mol. The lowest BCUT2D eigenvalue weighted by atomic mass is 10.6. The first-order valence-corrected chi connectivity index (χ1v) is 3.26. The molecule has 5 heteroatoms. The van der Waals surface area contributed by atoms with Crippen molar-refractivity contribution in [1.82, 2.24) is 5.32 Å². The summed E-state index contributed by atoms with van der Waals surface area (Å²) >= 11 is 1.23. The highest BCUT2D eigenvalue weighted by Gasteiger charge is 2.16. The van der Waals surface area contributed by atoms with Gasteiger partial charge in [-0.05, 0) is 0 Å². The van der Waals surface area contributed by atoms with Crippen LogP contribution in [-0.2, 0) is 4.79 Å². The predicted molar refractivity (Wildman–Crippen MR) is 36.0 cm³/mol. The van der Waals surface area contributed by atoms with Crippen molar-refractivity contribution in [3.63, 3.8) is 0 Å². The second kappa shape index (κ2) is 2.28. The maximum absolute atomic E-state index is 10.4. The Kier molecular flexibility index (Phi) is 1.63. The third kappa shape index (κ3) is 1.36. The Labute approximate surface area is 56.7 Å². The molecule has 0 spiro atoms. The lowest BCUT2D eigenvalue weighted by molar-refractivity contribution is -0.113. The summed E-state index contributed by atoms with van der Waals surface area (Å²) in [6.45, 7) is 0. The molecule has 0 saturated carbocycles. The molecule has 50 valence electrons. The zero-order chi connectivity index (χ0) is 6.85. The van der Waals surface area contributed by atoms with Crippen LogP contribution in [-0.4, -0.2) is 11.4 Å². The van der Waals surface area contributed by atoms with Gasteiger partial charge in [0.05, 0.1) is 4.91 Å². The number of hydrogen-bond donors (Lipinski definition) is 3. The zero-order valence-electron chi connectivity index (χ0n) is 4.63. The minimum Gasteiger partial charge on any atom is -0.366 e. The molecule has 1 rings (SSSR count). The Morgan fingerprint density at radius 2 is 2.56 bits per heavy atom. The Hall–Kier alpha value is -0.680. The fourth-order valence-electron chi connectivity index (χ4n) is 0.492. The van der Waals surface area contributed by atoms with Crippen molar-refractivity contribution in [2.75, 3.05) is 0 Å². The van der Waals surface area contributed by atoms with E-state index in [2.05, 4.69) is 5.32 Å². The van der Waals surface area contributed by atoms with Crippen molar-refractivity contribution < 1.29 is 4.79 Å². The lowest BCUT2D eigenvalue weighted by Gasteiger charge is -1.98. The highest BCUT2D eigenvalue weighted by molar-refractivity contribution is 8.04. The number of rotatable bonds is 1. The average molecular weight is 145 g/mol. The van der Waals surface area contributed by atoms with Crippen LogP contribution in [0.2, 0.25) is 0 Å². The highest BCUT2D eigenvalue weighted by Crippen LogP contribution is 2.20. The smallest absolute Gasteiger partial charge is 0.256 e. The van der Waals surface area contributed by atoms with Crippen molar-refractivity contribution >= 4 is 17.7 Å². The molecule has 1 unspecified atom stereocenters. The van der Waals surface area contributed by atoms with E-state index in [-0.39, 0.29) is 5.50 Å². The minimum absolute atomic E-state index is 0.215. The number of nitrogens with one attached hydrogen (secondary N) is 1. The molecule has 1 aliphatic rings. The normalized spacial score (nSPS) is 25.0. The topological polar surface area (TPSA) is 81.1 Å². The first kappa shape index (κ1) is 6.44. The van der Waals surface area contributed by atoms with E-state index in [1.807, 2.05) is 0 Å². The highest BCUT2D eigenvalue weighted by atomic mass is 32.2. The molecule has 0 radical (unpaired) electrons. The van der Waals surface area contributed by atoms with Crippen molar-refractivity contribution in [2.24, 2.45) is 11.5 Å². The summed E-state index contributed by atoms with van der Waals surface area (Å²) in [5, 5.41) is 2.73. The molecule has 1 atom stereocenters. The number of nitrogens with two attached hydrogens (primary N) is 2. The summed E-state index contributed by atoms with van der Waals surface area (Å²) in [6.07, 6.45) is 1.53. The summed E-state index contributed by atoms with van der Waals surface area (Å²) in [6, 6.07) is 0. The average Bonchev–Trinajstić information content (AvgIpc) is 2.14. The number of thioether (sulfide) groups is 1. The number of carbonyl (C=O) groups is 1.